The molecule has 0 atom stereocenters. The highest BCUT2D eigenvalue weighted by molar-refractivity contribution is 6.64. The normalized spacial score (nSPS) is 21.2. The lowest BCUT2D eigenvalue weighted by Gasteiger charge is -2.34. The summed E-state index contributed by atoms with van der Waals surface area (Å²) in [6.07, 6.45) is -0.357. The van der Waals surface area contributed by atoms with Crippen molar-refractivity contribution in [3.63, 3.8) is 0 Å². The lowest BCUT2D eigenvalue weighted by molar-refractivity contribution is 0.00578. The van der Waals surface area contributed by atoms with Gasteiger partial charge < -0.3 is 19.4 Å². The Bertz CT molecular complexity index is 696. The number of carbonyl (C=O) groups excluding carboxylic acids is 1. The van der Waals surface area contributed by atoms with Crippen LogP contribution in [0.2, 0.25) is 0 Å². The number of ether oxygens (including phenoxy) is 1. The van der Waals surface area contributed by atoms with Crippen LogP contribution in [0.3, 0.4) is 0 Å². The third-order valence-electron chi connectivity index (χ3n) is 5.11. The Morgan fingerprint density at radius 3 is 2.38 bits per heavy atom. The fraction of sp³-hybridized carbons (Fsp3) is 0.632. The number of carbonyl (C=O) groups is 1. The lowest BCUT2D eigenvalue weighted by atomic mass is 9.76. The number of amides is 1. The first kappa shape index (κ1) is 19.0. The second-order valence-electron chi connectivity index (χ2n) is 8.89. The predicted octanol–water partition coefficient (Wildman–Crippen LogP) is 3.15. The van der Waals surface area contributed by atoms with E-state index in [0.717, 1.165) is 16.8 Å². The number of para-hydroxylation sites is 1. The van der Waals surface area contributed by atoms with Gasteiger partial charge in [0.05, 0.1) is 22.6 Å². The number of hydrogen-bond acceptors (Lipinski definition) is 5. The molecule has 2 heterocycles. The van der Waals surface area contributed by atoms with Crippen LogP contribution < -0.4 is 15.7 Å². The molecule has 0 aromatic heterocycles. The van der Waals surface area contributed by atoms with Crippen molar-refractivity contribution in [2.45, 2.75) is 65.3 Å². The van der Waals surface area contributed by atoms with Gasteiger partial charge in [-0.25, -0.2) is 4.79 Å². The fourth-order valence-electron chi connectivity index (χ4n) is 3.08. The zero-order valence-electron chi connectivity index (χ0n) is 16.8. The van der Waals surface area contributed by atoms with Gasteiger partial charge in [-0.2, -0.15) is 0 Å². The minimum atomic E-state index is -0.554. The molecule has 1 fully saturated rings. The van der Waals surface area contributed by atoms with E-state index in [4.69, 9.17) is 14.0 Å². The molecule has 6 nitrogen and oxygen atoms in total. The summed E-state index contributed by atoms with van der Waals surface area (Å²) < 4.78 is 18.0. The van der Waals surface area contributed by atoms with Crippen LogP contribution in [0.15, 0.2) is 18.2 Å². The van der Waals surface area contributed by atoms with E-state index in [1.54, 1.807) is 4.90 Å². The van der Waals surface area contributed by atoms with Crippen LogP contribution in [0.1, 0.15) is 48.5 Å². The van der Waals surface area contributed by atoms with Crippen LogP contribution in [0.5, 0.6) is 0 Å². The molecular formula is C19H29BN2O4. The van der Waals surface area contributed by atoms with Gasteiger partial charge in [0, 0.05) is 18.6 Å². The van der Waals surface area contributed by atoms with Crippen LogP contribution in [0.25, 0.3) is 0 Å². The third-order valence-corrected chi connectivity index (χ3v) is 5.11. The zero-order valence-corrected chi connectivity index (χ0v) is 16.8. The minimum absolute atomic E-state index is 0.357. The van der Waals surface area contributed by atoms with Crippen molar-refractivity contribution in [1.29, 1.82) is 0 Å². The molecule has 0 unspecified atom stereocenters. The van der Waals surface area contributed by atoms with E-state index in [1.165, 1.54) is 0 Å². The van der Waals surface area contributed by atoms with Crippen molar-refractivity contribution in [2.75, 3.05) is 23.3 Å². The number of nitrogens with one attached hydrogen (secondary N) is 1. The summed E-state index contributed by atoms with van der Waals surface area (Å²) in [7, 11) is -0.542. The molecule has 0 aliphatic carbocycles. The maximum Gasteiger partial charge on any atom is 0.497 e. The van der Waals surface area contributed by atoms with E-state index in [2.05, 4.69) is 5.32 Å². The Labute approximate surface area is 156 Å². The third kappa shape index (κ3) is 3.42. The van der Waals surface area contributed by atoms with E-state index < -0.39 is 23.9 Å². The van der Waals surface area contributed by atoms with Gasteiger partial charge in [-0.15, -0.1) is 0 Å². The molecule has 0 radical (unpaired) electrons. The zero-order chi connectivity index (χ0) is 19.3. The van der Waals surface area contributed by atoms with Crippen LogP contribution in [-0.2, 0) is 14.0 Å². The van der Waals surface area contributed by atoms with Gasteiger partial charge in [0.25, 0.3) is 0 Å². The number of fused-ring (bicyclic) bond motifs is 1. The Morgan fingerprint density at radius 2 is 1.81 bits per heavy atom. The largest absolute Gasteiger partial charge is 0.497 e. The van der Waals surface area contributed by atoms with Gasteiger partial charge in [-0.3, -0.25) is 4.90 Å². The van der Waals surface area contributed by atoms with Crippen LogP contribution in [-0.4, -0.2) is 43.1 Å². The molecule has 0 saturated carbocycles. The molecule has 1 N–H and O–H groups in total. The van der Waals surface area contributed by atoms with E-state index >= 15 is 0 Å². The van der Waals surface area contributed by atoms with Gasteiger partial charge >= 0.3 is 13.2 Å². The topological polar surface area (TPSA) is 60.0 Å². The first-order chi connectivity index (χ1) is 11.9. The highest BCUT2D eigenvalue weighted by Crippen LogP contribution is 2.38. The average Bonchev–Trinajstić information content (AvgIpc) is 2.72. The van der Waals surface area contributed by atoms with Crippen molar-refractivity contribution >= 4 is 30.0 Å². The minimum Gasteiger partial charge on any atom is -0.443 e. The Balaban J connectivity index is 1.99. The smallest absolute Gasteiger partial charge is 0.443 e. The quantitative estimate of drug-likeness (QED) is 0.780. The standard InChI is InChI=1S/C19H29BN2O4/c1-17(2,3)24-16(23)22-12-11-21-14-10-8-9-13(15(14)22)20-25-18(4,5)19(6,7)26-20/h8-10,21H,11-12H2,1-7H3. The summed E-state index contributed by atoms with van der Waals surface area (Å²) in [5.41, 5.74) is 1.04. The second-order valence-corrected chi connectivity index (χ2v) is 8.89. The monoisotopic (exact) mass is 360 g/mol. The fourth-order valence-corrected chi connectivity index (χ4v) is 3.08. The first-order valence-corrected chi connectivity index (χ1v) is 9.14. The van der Waals surface area contributed by atoms with Crippen molar-refractivity contribution in [3.8, 4) is 0 Å². The van der Waals surface area contributed by atoms with Gasteiger partial charge in [0.15, 0.2) is 0 Å². The number of hydrogen-bond donors (Lipinski definition) is 1. The molecule has 1 aromatic carbocycles. The lowest BCUT2D eigenvalue weighted by Crippen LogP contribution is -2.47. The molecule has 7 heteroatoms. The Morgan fingerprint density at radius 1 is 1.19 bits per heavy atom. The van der Waals surface area contributed by atoms with E-state index in [-0.39, 0.29) is 6.09 Å². The Hall–Kier alpha value is -1.73. The van der Waals surface area contributed by atoms with Crippen LogP contribution in [0.4, 0.5) is 16.2 Å². The summed E-state index contributed by atoms with van der Waals surface area (Å²) >= 11 is 0. The molecule has 0 spiro atoms. The molecule has 26 heavy (non-hydrogen) atoms. The first-order valence-electron chi connectivity index (χ1n) is 9.14. The van der Waals surface area contributed by atoms with E-state index in [9.17, 15) is 4.79 Å². The molecule has 2 aliphatic rings. The highest BCUT2D eigenvalue weighted by atomic mass is 16.7. The molecule has 142 valence electrons. The molecule has 1 aromatic rings. The summed E-state index contributed by atoms with van der Waals surface area (Å²) in [6.45, 7) is 14.9. The maximum absolute atomic E-state index is 12.8. The molecular weight excluding hydrogens is 331 g/mol. The molecule has 2 aliphatic heterocycles. The van der Waals surface area contributed by atoms with E-state index in [0.29, 0.717) is 13.1 Å². The number of benzene rings is 1. The number of rotatable bonds is 1. The predicted molar refractivity (Wildman–Crippen MR) is 104 cm³/mol. The molecule has 1 saturated heterocycles. The molecule has 0 bridgehead atoms. The van der Waals surface area contributed by atoms with Crippen LogP contribution >= 0.6 is 0 Å². The summed E-state index contributed by atoms with van der Waals surface area (Å²) in [5.74, 6) is 0. The maximum atomic E-state index is 12.8. The number of nitrogens with zero attached hydrogens (tertiary/aromatic N) is 1. The summed E-state index contributed by atoms with van der Waals surface area (Å²) in [5, 5.41) is 3.36. The second kappa shape index (κ2) is 6.17. The summed E-state index contributed by atoms with van der Waals surface area (Å²) in [6, 6.07) is 5.86. The van der Waals surface area contributed by atoms with Crippen LogP contribution in [0, 0.1) is 0 Å². The van der Waals surface area contributed by atoms with Crippen molar-refractivity contribution in [2.24, 2.45) is 0 Å². The van der Waals surface area contributed by atoms with Crippen molar-refractivity contribution in [1.82, 2.24) is 0 Å². The average molecular weight is 360 g/mol. The Kier molecular flexibility index (Phi) is 4.52. The van der Waals surface area contributed by atoms with Crippen molar-refractivity contribution < 1.29 is 18.8 Å². The SMILES string of the molecule is CC(C)(C)OC(=O)N1CCNc2cccc(B3OC(C)(C)C(C)(C)O3)c21. The molecule has 1 amide bonds. The van der Waals surface area contributed by atoms with Gasteiger partial charge in [0.1, 0.15) is 5.60 Å². The van der Waals surface area contributed by atoms with Gasteiger partial charge in [-0.1, -0.05) is 12.1 Å². The number of anilines is 2. The van der Waals surface area contributed by atoms with E-state index in [1.807, 2.05) is 66.7 Å². The van der Waals surface area contributed by atoms with Crippen molar-refractivity contribution in [3.05, 3.63) is 18.2 Å². The van der Waals surface area contributed by atoms with Gasteiger partial charge in [-0.05, 0) is 54.5 Å². The molecule has 3 rings (SSSR count). The summed E-state index contributed by atoms with van der Waals surface area (Å²) in [4.78, 5) is 14.5. The van der Waals surface area contributed by atoms with Gasteiger partial charge in [0.2, 0.25) is 0 Å². The highest BCUT2D eigenvalue weighted by Gasteiger charge is 2.53.